The number of carbonyl (C=O) groups is 1. The van der Waals surface area contributed by atoms with E-state index in [9.17, 15) is 9.18 Å². The van der Waals surface area contributed by atoms with E-state index in [0.29, 0.717) is 12.6 Å². The average Bonchev–Trinajstić information content (AvgIpc) is 2.49. The molecule has 1 aromatic rings. The van der Waals surface area contributed by atoms with E-state index in [0.717, 1.165) is 18.4 Å². The maximum atomic E-state index is 13.1. The topological polar surface area (TPSA) is 38.3 Å². The molecule has 0 aliphatic heterocycles. The van der Waals surface area contributed by atoms with E-state index in [2.05, 4.69) is 5.32 Å². The summed E-state index contributed by atoms with van der Waals surface area (Å²) >= 11 is 0. The van der Waals surface area contributed by atoms with Crippen LogP contribution in [0.2, 0.25) is 0 Å². The number of rotatable bonds is 5. The monoisotopic (exact) mass is 293 g/mol. The van der Waals surface area contributed by atoms with Crippen LogP contribution in [0.3, 0.4) is 0 Å². The van der Waals surface area contributed by atoms with Crippen molar-refractivity contribution in [3.8, 4) is 0 Å². The van der Waals surface area contributed by atoms with Crippen LogP contribution in [-0.4, -0.2) is 18.6 Å². The van der Waals surface area contributed by atoms with Gasteiger partial charge in [-0.3, -0.25) is 5.32 Å². The molecule has 0 saturated heterocycles. The van der Waals surface area contributed by atoms with Crippen LogP contribution < -0.4 is 5.32 Å². The van der Waals surface area contributed by atoms with Crippen LogP contribution in [-0.2, 0) is 15.1 Å². The lowest BCUT2D eigenvalue weighted by Gasteiger charge is -2.35. The summed E-state index contributed by atoms with van der Waals surface area (Å²) in [5.41, 5.74) is -0.181. The molecule has 116 valence electrons. The van der Waals surface area contributed by atoms with Crippen molar-refractivity contribution in [1.82, 2.24) is 5.32 Å². The molecule has 1 atom stereocenters. The summed E-state index contributed by atoms with van der Waals surface area (Å²) in [4.78, 5) is 12.4. The zero-order valence-electron chi connectivity index (χ0n) is 12.8. The summed E-state index contributed by atoms with van der Waals surface area (Å²) in [5, 5.41) is 3.46. The molecule has 21 heavy (non-hydrogen) atoms. The fourth-order valence-electron chi connectivity index (χ4n) is 2.97. The molecule has 1 N–H and O–H groups in total. The molecule has 0 amide bonds. The van der Waals surface area contributed by atoms with Gasteiger partial charge in [-0.25, -0.2) is 9.18 Å². The third kappa shape index (κ3) is 3.82. The minimum Gasteiger partial charge on any atom is -0.464 e. The van der Waals surface area contributed by atoms with Gasteiger partial charge in [0.2, 0.25) is 0 Å². The van der Waals surface area contributed by atoms with E-state index in [1.54, 1.807) is 19.1 Å². The average molecular weight is 293 g/mol. The van der Waals surface area contributed by atoms with E-state index in [1.165, 1.54) is 31.4 Å². The first-order valence-electron chi connectivity index (χ1n) is 7.77. The Morgan fingerprint density at radius 3 is 2.48 bits per heavy atom. The fraction of sp³-hybridized carbons (Fsp3) is 0.588. The molecule has 0 bridgehead atoms. The second-order valence-corrected chi connectivity index (χ2v) is 5.83. The quantitative estimate of drug-likeness (QED) is 0.844. The molecule has 2 rings (SSSR count). The van der Waals surface area contributed by atoms with Crippen molar-refractivity contribution < 1.29 is 13.9 Å². The standard InChI is InChI=1S/C17H24FNO2/c1-3-21-16(20)17(2,13-9-11-14(18)12-10-13)19-15-7-5-4-6-8-15/h9-12,15,19H,3-8H2,1-2H3. The summed E-state index contributed by atoms with van der Waals surface area (Å²) in [7, 11) is 0. The normalized spacial score (nSPS) is 19.0. The second kappa shape index (κ2) is 7.03. The Labute approximate surface area is 125 Å². The lowest BCUT2D eigenvalue weighted by molar-refractivity contribution is -0.151. The Bertz CT molecular complexity index is 468. The highest BCUT2D eigenvalue weighted by Crippen LogP contribution is 2.27. The Kier molecular flexibility index (Phi) is 5.34. The van der Waals surface area contributed by atoms with Gasteiger partial charge in [0.1, 0.15) is 11.4 Å². The smallest absolute Gasteiger partial charge is 0.330 e. The Morgan fingerprint density at radius 2 is 1.90 bits per heavy atom. The van der Waals surface area contributed by atoms with Gasteiger partial charge < -0.3 is 4.74 Å². The molecule has 1 aliphatic rings. The number of benzene rings is 1. The number of hydrogen-bond donors (Lipinski definition) is 1. The minimum absolute atomic E-state index is 0.303. The maximum Gasteiger partial charge on any atom is 0.330 e. The number of nitrogens with one attached hydrogen (secondary N) is 1. The largest absolute Gasteiger partial charge is 0.464 e. The van der Waals surface area contributed by atoms with Crippen LogP contribution in [0.1, 0.15) is 51.5 Å². The van der Waals surface area contributed by atoms with E-state index < -0.39 is 5.54 Å². The molecule has 0 radical (unpaired) electrons. The molecule has 1 unspecified atom stereocenters. The Balaban J connectivity index is 2.24. The van der Waals surface area contributed by atoms with Gasteiger partial charge in [0, 0.05) is 6.04 Å². The van der Waals surface area contributed by atoms with Gasteiger partial charge in [-0.2, -0.15) is 0 Å². The van der Waals surface area contributed by atoms with Gasteiger partial charge in [-0.15, -0.1) is 0 Å². The molecule has 1 fully saturated rings. The first kappa shape index (κ1) is 16.0. The second-order valence-electron chi connectivity index (χ2n) is 5.83. The van der Waals surface area contributed by atoms with Crippen LogP contribution in [0.25, 0.3) is 0 Å². The molecule has 1 aromatic carbocycles. The van der Waals surface area contributed by atoms with Gasteiger partial charge in [0.25, 0.3) is 0 Å². The van der Waals surface area contributed by atoms with Gasteiger partial charge in [-0.1, -0.05) is 31.4 Å². The van der Waals surface area contributed by atoms with E-state index in [-0.39, 0.29) is 11.8 Å². The summed E-state index contributed by atoms with van der Waals surface area (Å²) < 4.78 is 18.4. The van der Waals surface area contributed by atoms with Crippen LogP contribution in [0.15, 0.2) is 24.3 Å². The molecule has 3 nitrogen and oxygen atoms in total. The van der Waals surface area contributed by atoms with Crippen molar-refractivity contribution in [2.75, 3.05) is 6.61 Å². The summed E-state index contributed by atoms with van der Waals surface area (Å²) in [5.74, 6) is -0.607. The van der Waals surface area contributed by atoms with Crippen molar-refractivity contribution in [2.24, 2.45) is 0 Å². The summed E-state index contributed by atoms with van der Waals surface area (Å²) in [6.45, 7) is 3.96. The summed E-state index contributed by atoms with van der Waals surface area (Å²) in [6, 6.07) is 6.38. The molecule has 0 heterocycles. The van der Waals surface area contributed by atoms with E-state index in [1.807, 2.05) is 6.92 Å². The number of carbonyl (C=O) groups excluding carboxylic acids is 1. The number of halogens is 1. The molecule has 1 aliphatic carbocycles. The highest BCUT2D eigenvalue weighted by molar-refractivity contribution is 5.82. The van der Waals surface area contributed by atoms with Crippen molar-refractivity contribution in [2.45, 2.75) is 57.5 Å². The molecule has 0 aromatic heterocycles. The van der Waals surface area contributed by atoms with Crippen molar-refractivity contribution in [1.29, 1.82) is 0 Å². The van der Waals surface area contributed by atoms with Crippen molar-refractivity contribution in [3.05, 3.63) is 35.6 Å². The first-order chi connectivity index (χ1) is 10.1. The van der Waals surface area contributed by atoms with Gasteiger partial charge in [-0.05, 0) is 44.4 Å². The highest BCUT2D eigenvalue weighted by Gasteiger charge is 2.38. The molecule has 0 spiro atoms. The number of hydrogen-bond acceptors (Lipinski definition) is 3. The van der Waals surface area contributed by atoms with E-state index >= 15 is 0 Å². The zero-order valence-corrected chi connectivity index (χ0v) is 12.8. The first-order valence-corrected chi connectivity index (χ1v) is 7.77. The molecular weight excluding hydrogens is 269 g/mol. The highest BCUT2D eigenvalue weighted by atomic mass is 19.1. The Hall–Kier alpha value is -1.42. The third-order valence-corrected chi connectivity index (χ3v) is 4.20. The number of ether oxygens (including phenoxy) is 1. The molecule has 4 heteroatoms. The number of esters is 1. The lowest BCUT2D eigenvalue weighted by Crippen LogP contribution is -2.52. The predicted molar refractivity (Wildman–Crippen MR) is 80.4 cm³/mol. The third-order valence-electron chi connectivity index (χ3n) is 4.20. The van der Waals surface area contributed by atoms with Gasteiger partial charge in [0.15, 0.2) is 0 Å². The SMILES string of the molecule is CCOC(=O)C(C)(NC1CCCCC1)c1ccc(F)cc1. The minimum atomic E-state index is -0.925. The predicted octanol–water partition coefficient (Wildman–Crippen LogP) is 3.53. The van der Waals surface area contributed by atoms with Gasteiger partial charge in [0.05, 0.1) is 6.61 Å². The molecule has 1 saturated carbocycles. The zero-order chi connectivity index (χ0) is 15.3. The van der Waals surface area contributed by atoms with Crippen LogP contribution in [0, 0.1) is 5.82 Å². The maximum absolute atomic E-state index is 13.1. The van der Waals surface area contributed by atoms with Crippen LogP contribution >= 0.6 is 0 Å². The van der Waals surface area contributed by atoms with Crippen LogP contribution in [0.5, 0.6) is 0 Å². The van der Waals surface area contributed by atoms with Gasteiger partial charge >= 0.3 is 5.97 Å². The fourth-order valence-corrected chi connectivity index (χ4v) is 2.97. The molecular formula is C17H24FNO2. The van der Waals surface area contributed by atoms with Crippen molar-refractivity contribution in [3.63, 3.8) is 0 Å². The van der Waals surface area contributed by atoms with Crippen LogP contribution in [0.4, 0.5) is 4.39 Å². The van der Waals surface area contributed by atoms with E-state index in [4.69, 9.17) is 4.74 Å². The Morgan fingerprint density at radius 1 is 1.29 bits per heavy atom. The lowest BCUT2D eigenvalue weighted by atomic mass is 9.87. The van der Waals surface area contributed by atoms with Crippen molar-refractivity contribution >= 4 is 5.97 Å². The summed E-state index contributed by atoms with van der Waals surface area (Å²) in [6.07, 6.45) is 5.75.